The van der Waals surface area contributed by atoms with Gasteiger partial charge in [-0.25, -0.2) is 9.97 Å². The van der Waals surface area contributed by atoms with Gasteiger partial charge in [0, 0.05) is 11.6 Å². The van der Waals surface area contributed by atoms with E-state index in [0.717, 1.165) is 16.7 Å². The standard InChI is InChI=1S/C10H8N2/c1-2-9-6-5-8-4-3-7-11-10(8)12-9/h2-7H,1H2. The normalized spacial score (nSPS) is 10.0. The molecule has 2 rings (SSSR count). The molecule has 0 spiro atoms. The molecule has 2 heteroatoms. The molecule has 0 saturated carbocycles. The number of aromatic nitrogens is 2. The summed E-state index contributed by atoms with van der Waals surface area (Å²) < 4.78 is 0. The molecule has 0 bridgehead atoms. The Labute approximate surface area is 70.6 Å². The van der Waals surface area contributed by atoms with Crippen LogP contribution in [0.25, 0.3) is 17.1 Å². The van der Waals surface area contributed by atoms with Crippen molar-refractivity contribution in [2.24, 2.45) is 0 Å². The summed E-state index contributed by atoms with van der Waals surface area (Å²) >= 11 is 0. The maximum absolute atomic E-state index is 4.26. The Hall–Kier alpha value is -1.70. The first-order valence-electron chi connectivity index (χ1n) is 3.74. The molecule has 0 atom stereocenters. The number of rotatable bonds is 1. The van der Waals surface area contributed by atoms with Crippen LogP contribution in [0.4, 0.5) is 0 Å². The molecule has 0 unspecified atom stereocenters. The van der Waals surface area contributed by atoms with Gasteiger partial charge in [0.05, 0.1) is 5.69 Å². The summed E-state index contributed by atoms with van der Waals surface area (Å²) in [5.41, 5.74) is 1.64. The van der Waals surface area contributed by atoms with E-state index in [9.17, 15) is 0 Å². The van der Waals surface area contributed by atoms with E-state index in [-0.39, 0.29) is 0 Å². The van der Waals surface area contributed by atoms with Crippen molar-refractivity contribution in [1.82, 2.24) is 9.97 Å². The maximum Gasteiger partial charge on any atom is 0.159 e. The molecule has 0 radical (unpaired) electrons. The van der Waals surface area contributed by atoms with Crippen LogP contribution in [0, 0.1) is 0 Å². The summed E-state index contributed by atoms with van der Waals surface area (Å²) in [6.45, 7) is 3.65. The van der Waals surface area contributed by atoms with E-state index in [1.807, 2.05) is 24.3 Å². The summed E-state index contributed by atoms with van der Waals surface area (Å²) in [5.74, 6) is 0. The third-order valence-electron chi connectivity index (χ3n) is 1.69. The van der Waals surface area contributed by atoms with Crippen LogP contribution in [0.5, 0.6) is 0 Å². The topological polar surface area (TPSA) is 25.8 Å². The highest BCUT2D eigenvalue weighted by atomic mass is 14.8. The predicted molar refractivity (Wildman–Crippen MR) is 49.6 cm³/mol. The molecule has 0 aliphatic rings. The van der Waals surface area contributed by atoms with Gasteiger partial charge in [-0.1, -0.05) is 6.58 Å². The average Bonchev–Trinajstić information content (AvgIpc) is 2.17. The molecule has 2 heterocycles. The zero-order chi connectivity index (χ0) is 8.39. The van der Waals surface area contributed by atoms with E-state index in [0.29, 0.717) is 0 Å². The second-order valence-electron chi connectivity index (χ2n) is 2.49. The number of hydrogen-bond donors (Lipinski definition) is 0. The molecule has 0 N–H and O–H groups in total. The fourth-order valence-corrected chi connectivity index (χ4v) is 1.08. The molecule has 2 nitrogen and oxygen atoms in total. The molecule has 0 saturated heterocycles. The largest absolute Gasteiger partial charge is 0.237 e. The molecule has 58 valence electrons. The second kappa shape index (κ2) is 2.74. The highest BCUT2D eigenvalue weighted by Gasteiger charge is 1.93. The lowest BCUT2D eigenvalue weighted by Crippen LogP contribution is -1.84. The first-order valence-corrected chi connectivity index (χ1v) is 3.74. The summed E-state index contributed by atoms with van der Waals surface area (Å²) in [5, 5.41) is 1.06. The van der Waals surface area contributed by atoms with Crippen LogP contribution in [0.2, 0.25) is 0 Å². The van der Waals surface area contributed by atoms with E-state index in [2.05, 4.69) is 16.5 Å². The Kier molecular flexibility index (Phi) is 1.59. The Morgan fingerprint density at radius 1 is 1.25 bits per heavy atom. The van der Waals surface area contributed by atoms with Crippen molar-refractivity contribution in [2.75, 3.05) is 0 Å². The Bertz CT molecular complexity index is 421. The van der Waals surface area contributed by atoms with Gasteiger partial charge in [-0.3, -0.25) is 0 Å². The van der Waals surface area contributed by atoms with Gasteiger partial charge in [-0.15, -0.1) is 0 Å². The maximum atomic E-state index is 4.26. The first kappa shape index (κ1) is 6.98. The SMILES string of the molecule is C=Cc1ccc2cccnc2n1. The van der Waals surface area contributed by atoms with Crippen molar-refractivity contribution in [3.63, 3.8) is 0 Å². The van der Waals surface area contributed by atoms with Gasteiger partial charge in [-0.2, -0.15) is 0 Å². The van der Waals surface area contributed by atoms with Gasteiger partial charge >= 0.3 is 0 Å². The smallest absolute Gasteiger partial charge is 0.159 e. The molecule has 0 fully saturated rings. The van der Waals surface area contributed by atoms with Crippen molar-refractivity contribution in [3.05, 3.63) is 42.7 Å². The zero-order valence-electron chi connectivity index (χ0n) is 6.57. The lowest BCUT2D eigenvalue weighted by atomic mass is 10.2. The summed E-state index contributed by atoms with van der Waals surface area (Å²) in [6.07, 6.45) is 3.45. The van der Waals surface area contributed by atoms with Crippen LogP contribution in [0.1, 0.15) is 5.69 Å². The van der Waals surface area contributed by atoms with Crippen molar-refractivity contribution < 1.29 is 0 Å². The van der Waals surface area contributed by atoms with Crippen LogP contribution in [0.15, 0.2) is 37.0 Å². The van der Waals surface area contributed by atoms with Crippen LogP contribution >= 0.6 is 0 Å². The summed E-state index contributed by atoms with van der Waals surface area (Å²) in [4.78, 5) is 8.40. The molecule has 2 aromatic rings. The fraction of sp³-hybridized carbons (Fsp3) is 0. The Balaban J connectivity index is 2.75. The van der Waals surface area contributed by atoms with E-state index in [4.69, 9.17) is 0 Å². The lowest BCUT2D eigenvalue weighted by Gasteiger charge is -1.95. The zero-order valence-corrected chi connectivity index (χ0v) is 6.57. The molecule has 12 heavy (non-hydrogen) atoms. The van der Waals surface area contributed by atoms with Crippen LogP contribution < -0.4 is 0 Å². The molecule has 0 aliphatic heterocycles. The van der Waals surface area contributed by atoms with Crippen molar-refractivity contribution in [2.45, 2.75) is 0 Å². The minimum atomic E-state index is 0.773. The Morgan fingerprint density at radius 2 is 2.17 bits per heavy atom. The van der Waals surface area contributed by atoms with Gasteiger partial charge in [0.1, 0.15) is 0 Å². The molecule has 0 aromatic carbocycles. The van der Waals surface area contributed by atoms with Crippen molar-refractivity contribution >= 4 is 17.1 Å². The minimum Gasteiger partial charge on any atom is -0.237 e. The molecule has 2 aromatic heterocycles. The molecule has 0 aliphatic carbocycles. The number of fused-ring (bicyclic) bond motifs is 1. The van der Waals surface area contributed by atoms with Crippen LogP contribution in [-0.2, 0) is 0 Å². The first-order chi connectivity index (χ1) is 5.90. The third-order valence-corrected chi connectivity index (χ3v) is 1.69. The van der Waals surface area contributed by atoms with Crippen LogP contribution in [0.3, 0.4) is 0 Å². The average molecular weight is 156 g/mol. The molecule has 0 amide bonds. The highest BCUT2D eigenvalue weighted by Crippen LogP contribution is 2.09. The summed E-state index contributed by atoms with van der Waals surface area (Å²) in [6, 6.07) is 7.81. The summed E-state index contributed by atoms with van der Waals surface area (Å²) in [7, 11) is 0. The number of hydrogen-bond acceptors (Lipinski definition) is 2. The number of pyridine rings is 2. The quantitative estimate of drug-likeness (QED) is 0.633. The Morgan fingerprint density at radius 3 is 3.00 bits per heavy atom. The van der Waals surface area contributed by atoms with Crippen LogP contribution in [-0.4, -0.2) is 9.97 Å². The lowest BCUT2D eigenvalue weighted by molar-refractivity contribution is 1.27. The van der Waals surface area contributed by atoms with E-state index in [1.165, 1.54) is 0 Å². The monoisotopic (exact) mass is 156 g/mol. The van der Waals surface area contributed by atoms with Gasteiger partial charge in [0.15, 0.2) is 5.65 Å². The van der Waals surface area contributed by atoms with E-state index in [1.54, 1.807) is 12.3 Å². The van der Waals surface area contributed by atoms with Crippen molar-refractivity contribution in [1.29, 1.82) is 0 Å². The highest BCUT2D eigenvalue weighted by molar-refractivity contribution is 5.75. The second-order valence-corrected chi connectivity index (χ2v) is 2.49. The number of nitrogens with zero attached hydrogens (tertiary/aromatic N) is 2. The predicted octanol–water partition coefficient (Wildman–Crippen LogP) is 2.27. The van der Waals surface area contributed by atoms with E-state index >= 15 is 0 Å². The van der Waals surface area contributed by atoms with Gasteiger partial charge < -0.3 is 0 Å². The third kappa shape index (κ3) is 1.07. The molecular formula is C10H8N2. The van der Waals surface area contributed by atoms with Crippen molar-refractivity contribution in [3.8, 4) is 0 Å². The molecular weight excluding hydrogens is 148 g/mol. The van der Waals surface area contributed by atoms with Gasteiger partial charge in [-0.05, 0) is 30.3 Å². The van der Waals surface area contributed by atoms with Gasteiger partial charge in [0.2, 0.25) is 0 Å². The van der Waals surface area contributed by atoms with Gasteiger partial charge in [0.25, 0.3) is 0 Å². The minimum absolute atomic E-state index is 0.773. The van der Waals surface area contributed by atoms with E-state index < -0.39 is 0 Å². The fourth-order valence-electron chi connectivity index (χ4n) is 1.08.